The van der Waals surface area contributed by atoms with E-state index >= 15 is 0 Å². The Kier molecular flexibility index (Phi) is 6.08. The molecular weight excluding hydrogens is 320 g/mol. The van der Waals surface area contributed by atoms with Crippen LogP contribution in [0, 0.1) is 0 Å². The Labute approximate surface area is 156 Å². The summed E-state index contributed by atoms with van der Waals surface area (Å²) >= 11 is 0. The lowest BCUT2D eigenvalue weighted by Crippen LogP contribution is -2.18. The maximum Gasteiger partial charge on any atom is 0.236 e. The van der Waals surface area contributed by atoms with Gasteiger partial charge in [-0.2, -0.15) is 0 Å². The molecule has 2 aromatic carbocycles. The van der Waals surface area contributed by atoms with Crippen molar-refractivity contribution >= 4 is 21.8 Å². The Morgan fingerprint density at radius 1 is 0.923 bits per heavy atom. The first kappa shape index (κ1) is 18.6. The third kappa shape index (κ3) is 3.82. The van der Waals surface area contributed by atoms with Gasteiger partial charge in [-0.05, 0) is 30.7 Å². The van der Waals surface area contributed by atoms with Crippen molar-refractivity contribution in [2.45, 2.75) is 71.8 Å². The standard InChI is InChI=1S/C23H30N2O/c1-5-10-18(11-6-2)26-23-21(16(4)7-3)25-22-19-13-9-8-12-17(19)14-15-20(22)24-23/h8-9,12-16,18H,5-7,10-11H2,1-4H3. The molecule has 0 amide bonds. The smallest absolute Gasteiger partial charge is 0.236 e. The van der Waals surface area contributed by atoms with Crippen molar-refractivity contribution < 1.29 is 4.74 Å². The molecule has 0 radical (unpaired) electrons. The summed E-state index contributed by atoms with van der Waals surface area (Å²) < 4.78 is 6.40. The molecule has 0 aliphatic rings. The molecule has 0 fully saturated rings. The van der Waals surface area contributed by atoms with Crippen molar-refractivity contribution in [3.05, 3.63) is 42.1 Å². The lowest BCUT2D eigenvalue weighted by atomic mass is 10.0. The summed E-state index contributed by atoms with van der Waals surface area (Å²) in [7, 11) is 0. The molecule has 138 valence electrons. The second-order valence-corrected chi connectivity index (χ2v) is 7.19. The number of hydrogen-bond donors (Lipinski definition) is 0. The fraction of sp³-hybridized carbons (Fsp3) is 0.478. The van der Waals surface area contributed by atoms with E-state index in [0.717, 1.165) is 60.1 Å². The van der Waals surface area contributed by atoms with E-state index in [4.69, 9.17) is 14.7 Å². The number of nitrogens with zero attached hydrogens (tertiary/aromatic N) is 2. The van der Waals surface area contributed by atoms with Gasteiger partial charge >= 0.3 is 0 Å². The zero-order valence-corrected chi connectivity index (χ0v) is 16.5. The van der Waals surface area contributed by atoms with E-state index in [2.05, 4.69) is 64.1 Å². The van der Waals surface area contributed by atoms with Gasteiger partial charge in [0.1, 0.15) is 11.8 Å². The largest absolute Gasteiger partial charge is 0.473 e. The van der Waals surface area contributed by atoms with Crippen molar-refractivity contribution in [3.63, 3.8) is 0 Å². The van der Waals surface area contributed by atoms with Gasteiger partial charge in [-0.1, -0.05) is 70.9 Å². The van der Waals surface area contributed by atoms with Crippen molar-refractivity contribution in [2.75, 3.05) is 0 Å². The van der Waals surface area contributed by atoms with Crippen LogP contribution in [-0.4, -0.2) is 16.1 Å². The van der Waals surface area contributed by atoms with Crippen molar-refractivity contribution in [2.24, 2.45) is 0 Å². The highest BCUT2D eigenvalue weighted by atomic mass is 16.5. The third-order valence-electron chi connectivity index (χ3n) is 5.13. The third-order valence-corrected chi connectivity index (χ3v) is 5.13. The lowest BCUT2D eigenvalue weighted by molar-refractivity contribution is 0.168. The molecule has 0 saturated carbocycles. The number of hydrogen-bond acceptors (Lipinski definition) is 3. The van der Waals surface area contributed by atoms with Gasteiger partial charge < -0.3 is 4.74 Å². The van der Waals surface area contributed by atoms with Crippen LogP contribution in [0.4, 0.5) is 0 Å². The van der Waals surface area contributed by atoms with Crippen LogP contribution in [0.15, 0.2) is 36.4 Å². The molecule has 3 nitrogen and oxygen atoms in total. The van der Waals surface area contributed by atoms with Crippen LogP contribution in [0.1, 0.15) is 71.4 Å². The van der Waals surface area contributed by atoms with Crippen LogP contribution >= 0.6 is 0 Å². The second kappa shape index (κ2) is 8.48. The maximum atomic E-state index is 6.40. The maximum absolute atomic E-state index is 6.40. The fourth-order valence-corrected chi connectivity index (χ4v) is 3.45. The molecular formula is C23H30N2O. The van der Waals surface area contributed by atoms with Crippen LogP contribution in [-0.2, 0) is 0 Å². The Morgan fingerprint density at radius 3 is 2.35 bits per heavy atom. The number of benzene rings is 2. The van der Waals surface area contributed by atoms with E-state index in [0.29, 0.717) is 5.92 Å². The van der Waals surface area contributed by atoms with Gasteiger partial charge in [0.05, 0.1) is 11.0 Å². The Bertz CT molecular complexity index is 869. The zero-order valence-electron chi connectivity index (χ0n) is 16.5. The number of ether oxygens (including phenoxy) is 1. The SMILES string of the molecule is CCCC(CCC)Oc1nc2ccc3ccccc3c2nc1C(C)CC. The monoisotopic (exact) mass is 350 g/mol. The average Bonchev–Trinajstić information content (AvgIpc) is 2.67. The van der Waals surface area contributed by atoms with Gasteiger partial charge in [0.15, 0.2) is 0 Å². The average molecular weight is 351 g/mol. The summed E-state index contributed by atoms with van der Waals surface area (Å²) in [5.41, 5.74) is 2.89. The minimum absolute atomic E-state index is 0.222. The van der Waals surface area contributed by atoms with Crippen LogP contribution in [0.3, 0.4) is 0 Å². The van der Waals surface area contributed by atoms with E-state index in [1.165, 1.54) is 5.39 Å². The molecule has 3 aromatic rings. The Hall–Kier alpha value is -2.16. The molecule has 3 rings (SSSR count). The second-order valence-electron chi connectivity index (χ2n) is 7.19. The summed E-state index contributed by atoms with van der Waals surface area (Å²) in [6, 6.07) is 12.6. The molecule has 1 aromatic heterocycles. The topological polar surface area (TPSA) is 35.0 Å². The number of rotatable bonds is 8. The summed E-state index contributed by atoms with van der Waals surface area (Å²) in [5, 5.41) is 2.36. The van der Waals surface area contributed by atoms with Gasteiger partial charge in [-0.3, -0.25) is 0 Å². The minimum Gasteiger partial charge on any atom is -0.473 e. The van der Waals surface area contributed by atoms with Crippen molar-refractivity contribution in [1.82, 2.24) is 9.97 Å². The highest BCUT2D eigenvalue weighted by molar-refractivity contribution is 6.03. The van der Waals surface area contributed by atoms with Gasteiger partial charge in [0.25, 0.3) is 0 Å². The van der Waals surface area contributed by atoms with Gasteiger partial charge in [0, 0.05) is 11.3 Å². The molecule has 0 bridgehead atoms. The van der Waals surface area contributed by atoms with Gasteiger partial charge in [-0.15, -0.1) is 0 Å². The molecule has 3 heteroatoms. The van der Waals surface area contributed by atoms with E-state index in [1.54, 1.807) is 0 Å². The van der Waals surface area contributed by atoms with Crippen LogP contribution < -0.4 is 4.74 Å². The molecule has 0 aliphatic heterocycles. The number of aromatic nitrogens is 2. The summed E-state index contributed by atoms with van der Waals surface area (Å²) in [6.45, 7) is 8.82. The first-order valence-electron chi connectivity index (χ1n) is 10.0. The molecule has 0 aliphatic carbocycles. The zero-order chi connectivity index (χ0) is 18.5. The van der Waals surface area contributed by atoms with E-state index in [1.807, 2.05) is 0 Å². The highest BCUT2D eigenvalue weighted by Crippen LogP contribution is 2.32. The van der Waals surface area contributed by atoms with Crippen LogP contribution in [0.25, 0.3) is 21.8 Å². The predicted octanol–water partition coefficient (Wildman–Crippen LogP) is 6.64. The highest BCUT2D eigenvalue weighted by Gasteiger charge is 2.19. The summed E-state index contributed by atoms with van der Waals surface area (Å²) in [5.74, 6) is 1.05. The van der Waals surface area contributed by atoms with E-state index in [-0.39, 0.29) is 6.10 Å². The van der Waals surface area contributed by atoms with E-state index in [9.17, 15) is 0 Å². The Balaban J connectivity index is 2.13. The minimum atomic E-state index is 0.222. The summed E-state index contributed by atoms with van der Waals surface area (Å²) in [4.78, 5) is 9.97. The van der Waals surface area contributed by atoms with Crippen molar-refractivity contribution in [1.29, 1.82) is 0 Å². The quantitative estimate of drug-likeness (QED) is 0.427. The molecule has 1 heterocycles. The lowest BCUT2D eigenvalue weighted by Gasteiger charge is -2.21. The van der Waals surface area contributed by atoms with Gasteiger partial charge in [-0.25, -0.2) is 9.97 Å². The number of fused-ring (bicyclic) bond motifs is 3. The molecule has 26 heavy (non-hydrogen) atoms. The first-order chi connectivity index (χ1) is 12.7. The van der Waals surface area contributed by atoms with Gasteiger partial charge in [0.2, 0.25) is 5.88 Å². The van der Waals surface area contributed by atoms with Crippen LogP contribution in [0.2, 0.25) is 0 Å². The molecule has 0 saturated heterocycles. The Morgan fingerprint density at radius 2 is 1.65 bits per heavy atom. The first-order valence-corrected chi connectivity index (χ1v) is 10.0. The normalized spacial score (nSPS) is 12.8. The van der Waals surface area contributed by atoms with Crippen LogP contribution in [0.5, 0.6) is 5.88 Å². The molecule has 0 N–H and O–H groups in total. The van der Waals surface area contributed by atoms with E-state index < -0.39 is 0 Å². The predicted molar refractivity (Wildman–Crippen MR) is 110 cm³/mol. The van der Waals surface area contributed by atoms with Crippen molar-refractivity contribution in [3.8, 4) is 5.88 Å². The summed E-state index contributed by atoms with van der Waals surface area (Å²) in [6.07, 6.45) is 5.61. The molecule has 0 spiro atoms. The fourth-order valence-electron chi connectivity index (χ4n) is 3.45. The molecule has 1 unspecified atom stereocenters. The molecule has 1 atom stereocenters.